The quantitative estimate of drug-likeness (QED) is 0.618. The van der Waals surface area contributed by atoms with E-state index in [1.165, 1.54) is 5.56 Å². The molecule has 0 aliphatic carbocycles. The standard InChI is InChI=1S/C25H29N3O3/c1-16-21-7-6-20(27-2)13-23(21)31-25(30)22(16)14-24(29)28-10-8-18(9-11-28)19-5-3-4-17(12-19)15-26/h3-7,12-13,18,27H,8-11,14-15,26H2,1-2H3. The first-order valence-electron chi connectivity index (χ1n) is 10.8. The molecule has 162 valence electrons. The minimum atomic E-state index is -0.430. The number of hydrogen-bond acceptors (Lipinski definition) is 5. The van der Waals surface area contributed by atoms with E-state index in [0.29, 0.717) is 36.7 Å². The van der Waals surface area contributed by atoms with Crippen LogP contribution in [0.5, 0.6) is 0 Å². The van der Waals surface area contributed by atoms with E-state index in [1.54, 1.807) is 6.07 Å². The molecule has 3 N–H and O–H groups in total. The fraction of sp³-hybridized carbons (Fsp3) is 0.360. The van der Waals surface area contributed by atoms with Gasteiger partial charge in [-0.1, -0.05) is 24.3 Å². The van der Waals surface area contributed by atoms with Crippen LogP contribution in [0.4, 0.5) is 5.69 Å². The van der Waals surface area contributed by atoms with Crippen LogP contribution in [0.25, 0.3) is 11.0 Å². The third-order valence-corrected chi connectivity index (χ3v) is 6.41. The monoisotopic (exact) mass is 419 g/mol. The molecule has 1 fully saturated rings. The van der Waals surface area contributed by atoms with Crippen molar-refractivity contribution in [1.29, 1.82) is 0 Å². The van der Waals surface area contributed by atoms with Gasteiger partial charge in [-0.2, -0.15) is 0 Å². The Labute approximate surface area is 182 Å². The number of fused-ring (bicyclic) bond motifs is 1. The van der Waals surface area contributed by atoms with Gasteiger partial charge in [0.1, 0.15) is 5.58 Å². The summed E-state index contributed by atoms with van der Waals surface area (Å²) < 4.78 is 5.52. The first-order valence-corrected chi connectivity index (χ1v) is 10.8. The second kappa shape index (κ2) is 8.94. The minimum absolute atomic E-state index is 0.0178. The molecule has 2 heterocycles. The summed E-state index contributed by atoms with van der Waals surface area (Å²) in [4.78, 5) is 27.4. The molecule has 1 amide bonds. The lowest BCUT2D eigenvalue weighted by Gasteiger charge is -2.32. The Morgan fingerprint density at radius 3 is 2.68 bits per heavy atom. The van der Waals surface area contributed by atoms with E-state index in [0.717, 1.165) is 35.0 Å². The summed E-state index contributed by atoms with van der Waals surface area (Å²) in [6, 6.07) is 14.1. The number of rotatable bonds is 5. The van der Waals surface area contributed by atoms with E-state index in [-0.39, 0.29) is 12.3 Å². The van der Waals surface area contributed by atoms with Crippen LogP contribution >= 0.6 is 0 Å². The van der Waals surface area contributed by atoms with Crippen molar-refractivity contribution in [2.24, 2.45) is 5.73 Å². The van der Waals surface area contributed by atoms with Crippen LogP contribution in [0, 0.1) is 6.92 Å². The molecular formula is C25H29N3O3. The second-order valence-electron chi connectivity index (χ2n) is 8.24. The molecule has 1 aliphatic rings. The number of aryl methyl sites for hydroxylation is 1. The molecule has 3 aromatic rings. The maximum atomic E-state index is 13.0. The predicted molar refractivity (Wildman–Crippen MR) is 123 cm³/mol. The van der Waals surface area contributed by atoms with Gasteiger partial charge >= 0.3 is 5.63 Å². The van der Waals surface area contributed by atoms with Crippen molar-refractivity contribution in [1.82, 2.24) is 4.90 Å². The molecule has 1 aliphatic heterocycles. The number of amides is 1. The number of nitrogens with zero attached hydrogens (tertiary/aromatic N) is 1. The predicted octanol–water partition coefficient (Wildman–Crippen LogP) is 3.55. The molecule has 0 saturated carbocycles. The summed E-state index contributed by atoms with van der Waals surface area (Å²) >= 11 is 0. The third-order valence-electron chi connectivity index (χ3n) is 6.41. The van der Waals surface area contributed by atoms with E-state index in [1.807, 2.05) is 37.1 Å². The molecular weight excluding hydrogens is 390 g/mol. The highest BCUT2D eigenvalue weighted by molar-refractivity contribution is 5.86. The fourth-order valence-corrected chi connectivity index (χ4v) is 4.45. The van der Waals surface area contributed by atoms with Gasteiger partial charge in [0, 0.05) is 43.8 Å². The number of nitrogens with two attached hydrogens (primary N) is 1. The van der Waals surface area contributed by atoms with Gasteiger partial charge in [0.05, 0.1) is 12.0 Å². The summed E-state index contributed by atoms with van der Waals surface area (Å²) in [5.74, 6) is 0.417. The molecule has 0 unspecified atom stereocenters. The molecule has 0 atom stereocenters. The first kappa shape index (κ1) is 21.1. The highest BCUT2D eigenvalue weighted by Crippen LogP contribution is 2.29. The van der Waals surface area contributed by atoms with Crippen molar-refractivity contribution in [2.45, 2.75) is 38.6 Å². The maximum absolute atomic E-state index is 13.0. The Kier molecular flexibility index (Phi) is 6.09. The van der Waals surface area contributed by atoms with Crippen LogP contribution in [0.3, 0.4) is 0 Å². The SMILES string of the molecule is CNc1ccc2c(C)c(CC(=O)N3CCC(c4cccc(CN)c4)CC3)c(=O)oc2c1. The van der Waals surface area contributed by atoms with E-state index < -0.39 is 5.63 Å². The second-order valence-corrected chi connectivity index (χ2v) is 8.24. The van der Waals surface area contributed by atoms with Gasteiger partial charge in [0.25, 0.3) is 0 Å². The summed E-state index contributed by atoms with van der Waals surface area (Å²) in [5, 5.41) is 3.90. The van der Waals surface area contributed by atoms with Crippen LogP contribution in [0.2, 0.25) is 0 Å². The lowest BCUT2D eigenvalue weighted by Crippen LogP contribution is -2.39. The smallest absolute Gasteiger partial charge is 0.340 e. The molecule has 0 bridgehead atoms. The van der Waals surface area contributed by atoms with Gasteiger partial charge in [0.2, 0.25) is 5.91 Å². The molecule has 0 spiro atoms. The highest BCUT2D eigenvalue weighted by Gasteiger charge is 2.25. The number of carbonyl (C=O) groups is 1. The van der Waals surface area contributed by atoms with Gasteiger partial charge in [-0.25, -0.2) is 4.79 Å². The lowest BCUT2D eigenvalue weighted by molar-refractivity contribution is -0.131. The average molecular weight is 420 g/mol. The molecule has 4 rings (SSSR count). The van der Waals surface area contributed by atoms with Crippen molar-refractivity contribution in [3.63, 3.8) is 0 Å². The largest absolute Gasteiger partial charge is 0.422 e. The Balaban J connectivity index is 1.46. The van der Waals surface area contributed by atoms with E-state index in [2.05, 4.69) is 23.5 Å². The maximum Gasteiger partial charge on any atom is 0.340 e. The minimum Gasteiger partial charge on any atom is -0.422 e. The molecule has 0 radical (unpaired) electrons. The third kappa shape index (κ3) is 4.35. The normalized spacial score (nSPS) is 14.7. The van der Waals surface area contributed by atoms with Crippen molar-refractivity contribution in [3.8, 4) is 0 Å². The number of anilines is 1. The number of hydrogen-bond donors (Lipinski definition) is 2. The lowest BCUT2D eigenvalue weighted by atomic mass is 9.88. The summed E-state index contributed by atoms with van der Waals surface area (Å²) in [7, 11) is 1.82. The molecule has 1 aromatic heterocycles. The Morgan fingerprint density at radius 2 is 1.97 bits per heavy atom. The number of carbonyl (C=O) groups excluding carboxylic acids is 1. The zero-order valence-electron chi connectivity index (χ0n) is 18.1. The molecule has 6 nitrogen and oxygen atoms in total. The summed E-state index contributed by atoms with van der Waals surface area (Å²) in [6.07, 6.45) is 1.90. The number of benzene rings is 2. The van der Waals surface area contributed by atoms with Crippen LogP contribution in [-0.2, 0) is 17.8 Å². The van der Waals surface area contributed by atoms with Crippen LogP contribution in [-0.4, -0.2) is 30.9 Å². The van der Waals surface area contributed by atoms with E-state index >= 15 is 0 Å². The number of piperidine rings is 1. The molecule has 2 aromatic carbocycles. The van der Waals surface area contributed by atoms with E-state index in [4.69, 9.17) is 10.2 Å². The van der Waals surface area contributed by atoms with Crippen molar-refractivity contribution < 1.29 is 9.21 Å². The number of likely N-dealkylation sites (tertiary alicyclic amines) is 1. The fourth-order valence-electron chi connectivity index (χ4n) is 4.45. The number of nitrogens with one attached hydrogen (secondary N) is 1. The molecule has 31 heavy (non-hydrogen) atoms. The summed E-state index contributed by atoms with van der Waals surface area (Å²) in [6.45, 7) is 3.81. The Hall–Kier alpha value is -3.12. The molecule has 1 saturated heterocycles. The summed E-state index contributed by atoms with van der Waals surface area (Å²) in [5.41, 5.74) is 10.4. The van der Waals surface area contributed by atoms with Crippen molar-refractivity contribution >= 4 is 22.6 Å². The molecule has 6 heteroatoms. The van der Waals surface area contributed by atoms with Crippen molar-refractivity contribution in [2.75, 3.05) is 25.5 Å². The zero-order valence-corrected chi connectivity index (χ0v) is 18.1. The Morgan fingerprint density at radius 1 is 1.19 bits per heavy atom. The van der Waals surface area contributed by atoms with Gasteiger partial charge in [-0.05, 0) is 54.5 Å². The van der Waals surface area contributed by atoms with Crippen molar-refractivity contribution in [3.05, 3.63) is 75.1 Å². The van der Waals surface area contributed by atoms with Gasteiger partial charge in [-0.15, -0.1) is 0 Å². The van der Waals surface area contributed by atoms with Crippen LogP contribution < -0.4 is 16.7 Å². The first-order chi connectivity index (χ1) is 15.0. The average Bonchev–Trinajstić information content (AvgIpc) is 2.81. The van der Waals surface area contributed by atoms with Crippen LogP contribution in [0.1, 0.15) is 41.0 Å². The van der Waals surface area contributed by atoms with Gasteiger partial charge < -0.3 is 20.4 Å². The zero-order chi connectivity index (χ0) is 22.0. The Bertz CT molecular complexity index is 1160. The highest BCUT2D eigenvalue weighted by atomic mass is 16.4. The van der Waals surface area contributed by atoms with E-state index in [9.17, 15) is 9.59 Å². The van der Waals surface area contributed by atoms with Crippen LogP contribution in [0.15, 0.2) is 51.7 Å². The van der Waals surface area contributed by atoms with Gasteiger partial charge in [-0.3, -0.25) is 4.79 Å². The van der Waals surface area contributed by atoms with Gasteiger partial charge in [0.15, 0.2) is 0 Å². The topological polar surface area (TPSA) is 88.6 Å².